The van der Waals surface area contributed by atoms with Crippen LogP contribution in [0.2, 0.25) is 0 Å². The fourth-order valence-corrected chi connectivity index (χ4v) is 4.83. The fraction of sp³-hybridized carbons (Fsp3) is 0.360. The normalized spacial score (nSPS) is 26.9. The molecule has 2 atom stereocenters. The summed E-state index contributed by atoms with van der Waals surface area (Å²) in [6.07, 6.45) is 18.2. The Morgan fingerprint density at radius 3 is 2.21 bits per heavy atom. The van der Waals surface area contributed by atoms with Crippen LogP contribution in [-0.4, -0.2) is 18.1 Å². The van der Waals surface area contributed by atoms with Crippen LogP contribution in [0.3, 0.4) is 0 Å². The van der Waals surface area contributed by atoms with E-state index in [1.54, 1.807) is 0 Å². The maximum absolute atomic E-state index is 5.89. The van der Waals surface area contributed by atoms with Gasteiger partial charge in [0.15, 0.2) is 0 Å². The van der Waals surface area contributed by atoms with Gasteiger partial charge < -0.3 is 0 Å². The van der Waals surface area contributed by atoms with E-state index in [0.717, 1.165) is 48.3 Å². The van der Waals surface area contributed by atoms with E-state index in [4.69, 9.17) is 6.42 Å². The van der Waals surface area contributed by atoms with Gasteiger partial charge in [-0.15, -0.1) is 11.5 Å². The minimum absolute atomic E-state index is 0.0222. The summed E-state index contributed by atoms with van der Waals surface area (Å²) < 4.78 is 0. The molecule has 0 N–H and O–H groups in total. The first-order valence-corrected chi connectivity index (χ1v) is 10.1. The van der Waals surface area contributed by atoms with Gasteiger partial charge in [-0.3, -0.25) is 5.01 Å². The zero-order chi connectivity index (χ0) is 19.6. The SMILES string of the molecule is C#CC1=C(C#Cc2ccc(N=NN(CC)CC)cc2)C23C=CC=CC12CCC3. The van der Waals surface area contributed by atoms with Crippen molar-refractivity contribution in [2.45, 2.75) is 33.1 Å². The number of nitrogens with zero attached hydrogens (tertiary/aromatic N) is 3. The smallest absolute Gasteiger partial charge is 0.0875 e. The second-order valence-corrected chi connectivity index (χ2v) is 7.53. The summed E-state index contributed by atoms with van der Waals surface area (Å²) in [6.45, 7) is 5.83. The van der Waals surface area contributed by atoms with Crippen LogP contribution >= 0.6 is 0 Å². The van der Waals surface area contributed by atoms with Gasteiger partial charge in [0.2, 0.25) is 0 Å². The first-order chi connectivity index (χ1) is 13.7. The molecule has 1 aromatic rings. The van der Waals surface area contributed by atoms with Crippen LogP contribution < -0.4 is 0 Å². The van der Waals surface area contributed by atoms with E-state index >= 15 is 0 Å². The van der Waals surface area contributed by atoms with Gasteiger partial charge in [-0.1, -0.05) is 53.7 Å². The molecule has 3 aliphatic rings. The standard InChI is InChI=1S/C25H25N3/c1-4-22-23(25-17-8-7-16-24(22,25)18-9-19-25)15-12-20-10-13-21(14-11-20)26-27-28(5-2)6-3/h1,7-8,10-11,13-14,16-17H,5-6,9,18-19H2,2-3H3. The van der Waals surface area contributed by atoms with E-state index in [-0.39, 0.29) is 10.8 Å². The van der Waals surface area contributed by atoms with Crippen molar-refractivity contribution in [3.63, 3.8) is 0 Å². The molecular weight excluding hydrogens is 342 g/mol. The molecule has 28 heavy (non-hydrogen) atoms. The molecule has 1 fully saturated rings. The van der Waals surface area contributed by atoms with Gasteiger partial charge in [0.05, 0.1) is 5.69 Å². The number of terminal acetylenes is 1. The lowest BCUT2D eigenvalue weighted by Crippen LogP contribution is -2.48. The Kier molecular flexibility index (Phi) is 4.70. The number of benzene rings is 1. The van der Waals surface area contributed by atoms with Crippen molar-refractivity contribution in [1.29, 1.82) is 0 Å². The van der Waals surface area contributed by atoms with Crippen LogP contribution in [0.25, 0.3) is 0 Å². The van der Waals surface area contributed by atoms with Crippen LogP contribution in [0.5, 0.6) is 0 Å². The predicted octanol–water partition coefficient (Wildman–Crippen LogP) is 5.60. The summed E-state index contributed by atoms with van der Waals surface area (Å²) in [5.41, 5.74) is 4.07. The number of rotatable bonds is 4. The van der Waals surface area contributed by atoms with Crippen molar-refractivity contribution in [3.8, 4) is 24.2 Å². The van der Waals surface area contributed by atoms with Crippen molar-refractivity contribution < 1.29 is 0 Å². The molecule has 3 aliphatic carbocycles. The van der Waals surface area contributed by atoms with Crippen molar-refractivity contribution in [3.05, 3.63) is 65.3 Å². The van der Waals surface area contributed by atoms with Crippen molar-refractivity contribution >= 4 is 5.69 Å². The van der Waals surface area contributed by atoms with E-state index < -0.39 is 0 Å². The Balaban J connectivity index is 1.58. The van der Waals surface area contributed by atoms with Crippen LogP contribution in [0, 0.1) is 35.0 Å². The van der Waals surface area contributed by atoms with E-state index in [1.807, 2.05) is 29.3 Å². The van der Waals surface area contributed by atoms with Crippen LogP contribution in [0.15, 0.2) is 70.1 Å². The number of hydrogen-bond acceptors (Lipinski definition) is 2. The summed E-state index contributed by atoms with van der Waals surface area (Å²) in [4.78, 5) is 0. The molecule has 2 unspecified atom stereocenters. The van der Waals surface area contributed by atoms with E-state index in [1.165, 1.54) is 6.42 Å². The van der Waals surface area contributed by atoms with Gasteiger partial charge >= 0.3 is 0 Å². The third-order valence-corrected chi connectivity index (χ3v) is 6.31. The second kappa shape index (κ2) is 7.17. The maximum atomic E-state index is 5.89. The third kappa shape index (κ3) is 2.62. The summed E-state index contributed by atoms with van der Waals surface area (Å²) in [5, 5.41) is 10.4. The van der Waals surface area contributed by atoms with Crippen LogP contribution in [0.4, 0.5) is 5.69 Å². The lowest BCUT2D eigenvalue weighted by molar-refractivity contribution is 0.232. The van der Waals surface area contributed by atoms with E-state index in [0.29, 0.717) is 0 Å². The first kappa shape index (κ1) is 18.3. The lowest BCUT2D eigenvalue weighted by Gasteiger charge is -2.54. The molecule has 0 aromatic heterocycles. The molecule has 140 valence electrons. The molecule has 1 saturated carbocycles. The molecule has 0 heterocycles. The second-order valence-electron chi connectivity index (χ2n) is 7.53. The summed E-state index contributed by atoms with van der Waals surface area (Å²) in [7, 11) is 0. The zero-order valence-electron chi connectivity index (χ0n) is 16.6. The topological polar surface area (TPSA) is 28.0 Å². The molecule has 0 amide bonds. The monoisotopic (exact) mass is 367 g/mol. The van der Waals surface area contributed by atoms with E-state index in [2.05, 4.69) is 66.3 Å². The van der Waals surface area contributed by atoms with E-state index in [9.17, 15) is 0 Å². The van der Waals surface area contributed by atoms with Crippen molar-refractivity contribution in [2.24, 2.45) is 21.2 Å². The molecule has 3 heteroatoms. The molecule has 4 rings (SSSR count). The fourth-order valence-electron chi connectivity index (χ4n) is 4.83. The van der Waals surface area contributed by atoms with Gasteiger partial charge in [0.1, 0.15) is 0 Å². The molecule has 0 bridgehead atoms. The van der Waals surface area contributed by atoms with Gasteiger partial charge in [-0.05, 0) is 51.0 Å². The average Bonchev–Trinajstić information content (AvgIpc) is 3.07. The van der Waals surface area contributed by atoms with Gasteiger partial charge in [-0.2, -0.15) is 0 Å². The number of allylic oxidation sites excluding steroid dienone is 6. The lowest BCUT2D eigenvalue weighted by atomic mass is 9.47. The average molecular weight is 367 g/mol. The predicted molar refractivity (Wildman–Crippen MR) is 114 cm³/mol. The minimum Gasteiger partial charge on any atom is -0.279 e. The highest BCUT2D eigenvalue weighted by Gasteiger charge is 2.64. The Morgan fingerprint density at radius 2 is 1.61 bits per heavy atom. The largest absolute Gasteiger partial charge is 0.279 e. The Bertz CT molecular complexity index is 987. The Hall–Kier alpha value is -3.04. The Labute approximate surface area is 167 Å². The van der Waals surface area contributed by atoms with Crippen molar-refractivity contribution in [2.75, 3.05) is 13.1 Å². The molecule has 0 radical (unpaired) electrons. The minimum atomic E-state index is 0.0222. The summed E-state index contributed by atoms with van der Waals surface area (Å²) in [5.74, 6) is 9.69. The molecule has 3 nitrogen and oxygen atoms in total. The summed E-state index contributed by atoms with van der Waals surface area (Å²) >= 11 is 0. The maximum Gasteiger partial charge on any atom is 0.0875 e. The molecule has 0 aliphatic heterocycles. The summed E-state index contributed by atoms with van der Waals surface area (Å²) in [6, 6.07) is 7.90. The zero-order valence-corrected chi connectivity index (χ0v) is 16.6. The van der Waals surface area contributed by atoms with Crippen LogP contribution in [-0.2, 0) is 0 Å². The Morgan fingerprint density at radius 1 is 0.964 bits per heavy atom. The highest BCUT2D eigenvalue weighted by atomic mass is 15.5. The highest BCUT2D eigenvalue weighted by Crippen LogP contribution is 2.71. The quantitative estimate of drug-likeness (QED) is 0.386. The van der Waals surface area contributed by atoms with Gasteiger partial charge in [-0.25, -0.2) is 0 Å². The molecule has 0 spiro atoms. The van der Waals surface area contributed by atoms with Crippen LogP contribution in [0.1, 0.15) is 38.7 Å². The molecule has 1 aromatic carbocycles. The third-order valence-electron chi connectivity index (χ3n) is 6.31. The molecular formula is C25H25N3. The van der Waals surface area contributed by atoms with Gasteiger partial charge in [0.25, 0.3) is 0 Å². The highest BCUT2D eigenvalue weighted by molar-refractivity contribution is 5.68. The van der Waals surface area contributed by atoms with Crippen molar-refractivity contribution in [1.82, 2.24) is 5.01 Å². The number of hydrogen-bond donors (Lipinski definition) is 0. The van der Waals surface area contributed by atoms with Gasteiger partial charge in [0, 0.05) is 40.6 Å². The molecule has 0 saturated heterocycles. The first-order valence-electron chi connectivity index (χ1n) is 10.1.